The Morgan fingerprint density at radius 2 is 2.05 bits per heavy atom. The number of nitrogens with zero attached hydrogens (tertiary/aromatic N) is 1. The number of amides is 2. The monoisotopic (exact) mass is 307 g/mol. The molecular weight excluding hydrogens is 278 g/mol. The predicted molar refractivity (Wildman–Crippen MR) is 85.3 cm³/mol. The summed E-state index contributed by atoms with van der Waals surface area (Å²) in [6.07, 6.45) is 5.30. The number of fused-ring (bicyclic) bond motifs is 1. The van der Waals surface area contributed by atoms with Gasteiger partial charge in [-0.3, -0.25) is 9.59 Å². The maximum Gasteiger partial charge on any atom is 0.229 e. The lowest BCUT2D eigenvalue weighted by atomic mass is 9.61. The Morgan fingerprint density at radius 1 is 1.32 bits per heavy atom. The van der Waals surface area contributed by atoms with Crippen molar-refractivity contribution in [2.75, 3.05) is 14.1 Å². The minimum atomic E-state index is -0.491. The third kappa shape index (κ3) is 2.25. The van der Waals surface area contributed by atoms with Gasteiger partial charge in [-0.25, -0.2) is 0 Å². The molecule has 2 N–H and O–H groups in total. The summed E-state index contributed by atoms with van der Waals surface area (Å²) in [7, 11) is 4.19. The lowest BCUT2D eigenvalue weighted by molar-refractivity contribution is -0.139. The summed E-state index contributed by atoms with van der Waals surface area (Å²) in [5, 5.41) is 6.31. The Bertz CT molecular complexity index is 488. The zero-order chi connectivity index (χ0) is 16.1. The van der Waals surface area contributed by atoms with E-state index in [0.29, 0.717) is 12.5 Å². The fourth-order valence-electron chi connectivity index (χ4n) is 4.87. The summed E-state index contributed by atoms with van der Waals surface area (Å²) >= 11 is 0. The quantitative estimate of drug-likeness (QED) is 0.826. The van der Waals surface area contributed by atoms with Crippen molar-refractivity contribution in [2.45, 2.75) is 70.5 Å². The first-order valence-electron chi connectivity index (χ1n) is 8.54. The summed E-state index contributed by atoms with van der Waals surface area (Å²) in [5.41, 5.74) is -0.412. The van der Waals surface area contributed by atoms with Crippen LogP contribution in [0.15, 0.2) is 0 Å². The van der Waals surface area contributed by atoms with Crippen molar-refractivity contribution in [3.8, 4) is 0 Å². The fourth-order valence-corrected chi connectivity index (χ4v) is 4.87. The van der Waals surface area contributed by atoms with Crippen molar-refractivity contribution in [1.82, 2.24) is 15.5 Å². The first kappa shape index (κ1) is 15.8. The minimum Gasteiger partial charge on any atom is -0.352 e. The topological polar surface area (TPSA) is 61.4 Å². The first-order valence-corrected chi connectivity index (χ1v) is 8.54. The molecule has 1 saturated heterocycles. The molecule has 0 spiro atoms. The molecule has 2 unspecified atom stereocenters. The van der Waals surface area contributed by atoms with E-state index in [1.165, 1.54) is 0 Å². The normalized spacial score (nSPS) is 39.9. The zero-order valence-electron chi connectivity index (χ0n) is 14.2. The molecular formula is C17H29N3O2. The van der Waals surface area contributed by atoms with Crippen molar-refractivity contribution in [3.63, 3.8) is 0 Å². The number of rotatable bonds is 3. The van der Waals surface area contributed by atoms with Crippen LogP contribution in [-0.4, -0.2) is 48.9 Å². The average molecular weight is 307 g/mol. The van der Waals surface area contributed by atoms with Crippen LogP contribution in [0.2, 0.25) is 0 Å². The van der Waals surface area contributed by atoms with Crippen molar-refractivity contribution >= 4 is 11.8 Å². The van der Waals surface area contributed by atoms with Crippen LogP contribution < -0.4 is 10.6 Å². The molecule has 0 aromatic rings. The fraction of sp³-hybridized carbons (Fsp3) is 0.882. The molecule has 2 saturated carbocycles. The number of carbonyl (C=O) groups excluding carboxylic acids is 2. The van der Waals surface area contributed by atoms with Crippen LogP contribution in [0.4, 0.5) is 0 Å². The third-order valence-electron chi connectivity index (χ3n) is 6.44. The van der Waals surface area contributed by atoms with Crippen LogP contribution >= 0.6 is 0 Å². The second-order valence-corrected chi connectivity index (χ2v) is 8.26. The predicted octanol–water partition coefficient (Wildman–Crippen LogP) is 1.28. The Morgan fingerprint density at radius 3 is 2.68 bits per heavy atom. The second-order valence-electron chi connectivity index (χ2n) is 8.26. The lowest BCUT2D eigenvalue weighted by Gasteiger charge is -2.55. The summed E-state index contributed by atoms with van der Waals surface area (Å²) in [4.78, 5) is 27.1. The minimum absolute atomic E-state index is 0.0427. The molecule has 4 atom stereocenters. The highest BCUT2D eigenvalue weighted by molar-refractivity contribution is 5.93. The van der Waals surface area contributed by atoms with Crippen LogP contribution in [0.3, 0.4) is 0 Å². The molecule has 5 nitrogen and oxygen atoms in total. The smallest absolute Gasteiger partial charge is 0.229 e. The van der Waals surface area contributed by atoms with E-state index >= 15 is 0 Å². The van der Waals surface area contributed by atoms with E-state index < -0.39 is 5.41 Å². The molecule has 0 aromatic carbocycles. The van der Waals surface area contributed by atoms with E-state index in [4.69, 9.17) is 0 Å². The highest BCUT2D eigenvalue weighted by atomic mass is 16.2. The van der Waals surface area contributed by atoms with E-state index in [1.54, 1.807) is 0 Å². The highest BCUT2D eigenvalue weighted by Crippen LogP contribution is 2.46. The Kier molecular flexibility index (Phi) is 3.75. The first-order chi connectivity index (χ1) is 10.3. The Hall–Kier alpha value is -1.10. The van der Waals surface area contributed by atoms with Crippen LogP contribution in [0, 0.1) is 10.8 Å². The van der Waals surface area contributed by atoms with Gasteiger partial charge in [0.1, 0.15) is 0 Å². The van der Waals surface area contributed by atoms with Gasteiger partial charge in [0.15, 0.2) is 0 Å². The van der Waals surface area contributed by atoms with E-state index in [1.807, 2.05) is 0 Å². The van der Waals surface area contributed by atoms with Crippen molar-refractivity contribution in [2.24, 2.45) is 10.8 Å². The van der Waals surface area contributed by atoms with E-state index in [9.17, 15) is 9.59 Å². The summed E-state index contributed by atoms with van der Waals surface area (Å²) in [6, 6.07) is 0.752. The number of hydrogen-bond acceptors (Lipinski definition) is 3. The highest BCUT2D eigenvalue weighted by Gasteiger charge is 2.56. The van der Waals surface area contributed by atoms with Gasteiger partial charge in [-0.15, -0.1) is 0 Å². The molecule has 0 bridgehead atoms. The Labute approximate surface area is 133 Å². The average Bonchev–Trinajstić information content (AvgIpc) is 2.79. The molecule has 1 aliphatic heterocycles. The number of nitrogens with one attached hydrogen (secondary N) is 2. The third-order valence-corrected chi connectivity index (χ3v) is 6.44. The van der Waals surface area contributed by atoms with E-state index in [2.05, 4.69) is 43.5 Å². The summed E-state index contributed by atoms with van der Waals surface area (Å²) in [5.74, 6) is 0.145. The van der Waals surface area contributed by atoms with Gasteiger partial charge in [-0.2, -0.15) is 0 Å². The number of hydrogen-bond donors (Lipinski definition) is 2. The largest absolute Gasteiger partial charge is 0.352 e. The molecule has 2 amide bonds. The van der Waals surface area contributed by atoms with Gasteiger partial charge in [-0.1, -0.05) is 26.7 Å². The molecule has 3 aliphatic rings. The van der Waals surface area contributed by atoms with Crippen LogP contribution in [0.5, 0.6) is 0 Å². The maximum absolute atomic E-state index is 13.0. The summed E-state index contributed by atoms with van der Waals surface area (Å²) < 4.78 is 0. The van der Waals surface area contributed by atoms with Gasteiger partial charge < -0.3 is 15.5 Å². The van der Waals surface area contributed by atoms with Crippen LogP contribution in [-0.2, 0) is 9.59 Å². The van der Waals surface area contributed by atoms with Crippen LogP contribution in [0.25, 0.3) is 0 Å². The van der Waals surface area contributed by atoms with E-state index in [-0.39, 0.29) is 29.3 Å². The van der Waals surface area contributed by atoms with Gasteiger partial charge in [0.25, 0.3) is 0 Å². The van der Waals surface area contributed by atoms with E-state index in [0.717, 1.165) is 32.1 Å². The molecule has 1 heterocycles. The molecule has 0 radical (unpaired) electrons. The van der Waals surface area contributed by atoms with Gasteiger partial charge in [0, 0.05) is 30.0 Å². The zero-order valence-corrected chi connectivity index (χ0v) is 14.2. The van der Waals surface area contributed by atoms with Gasteiger partial charge in [-0.05, 0) is 33.4 Å². The van der Waals surface area contributed by atoms with Gasteiger partial charge in [0.05, 0.1) is 5.41 Å². The molecule has 3 fully saturated rings. The van der Waals surface area contributed by atoms with Crippen molar-refractivity contribution in [1.29, 1.82) is 0 Å². The van der Waals surface area contributed by atoms with Crippen molar-refractivity contribution < 1.29 is 9.59 Å². The number of carbonyl (C=O) groups is 2. The molecule has 2 aliphatic carbocycles. The van der Waals surface area contributed by atoms with Gasteiger partial charge >= 0.3 is 0 Å². The SMILES string of the molecule is CN(C)C1CC(NC(=O)[C@@]23CCCC[C@@H]2NC(=O)C3)C1(C)C. The lowest BCUT2D eigenvalue weighted by Crippen LogP contribution is -2.67. The second kappa shape index (κ2) is 5.22. The van der Waals surface area contributed by atoms with Crippen LogP contribution in [0.1, 0.15) is 52.4 Å². The molecule has 5 heteroatoms. The molecule has 3 rings (SSSR count). The molecule has 0 aromatic heterocycles. The standard InChI is InChI=1S/C17H29N3O2/c1-16(2)12(9-13(16)20(3)4)19-15(22)17-8-6-5-7-11(17)18-14(21)10-17/h11-13H,5-10H2,1-4H3,(H,18,21)(H,19,22)/t11-,12?,13?,17+/m0/s1. The van der Waals surface area contributed by atoms with Gasteiger partial charge in [0.2, 0.25) is 11.8 Å². The molecule has 22 heavy (non-hydrogen) atoms. The Balaban J connectivity index is 1.71. The summed E-state index contributed by atoms with van der Waals surface area (Å²) in [6.45, 7) is 4.44. The molecule has 124 valence electrons. The maximum atomic E-state index is 13.0. The van der Waals surface area contributed by atoms with Crippen molar-refractivity contribution in [3.05, 3.63) is 0 Å².